The molecular weight excluding hydrogens is 276 g/mol. The Morgan fingerprint density at radius 3 is 2.70 bits per heavy atom. The lowest BCUT2D eigenvalue weighted by molar-refractivity contribution is -0.119. The summed E-state index contributed by atoms with van der Waals surface area (Å²) in [5, 5.41) is 18.4. The van der Waals surface area contributed by atoms with Gasteiger partial charge in [0.2, 0.25) is 11.1 Å². The van der Waals surface area contributed by atoms with Gasteiger partial charge in [0.05, 0.1) is 12.3 Å². The number of rotatable bonds is 7. The molecule has 0 aromatic carbocycles. The molecule has 0 spiro atoms. The molecule has 8 heteroatoms. The number of nitrogens with zero attached hydrogens (tertiary/aromatic N) is 4. The maximum absolute atomic E-state index is 11.7. The Kier molecular flexibility index (Phi) is 6.41. The van der Waals surface area contributed by atoms with Crippen molar-refractivity contribution in [2.24, 2.45) is 0 Å². The van der Waals surface area contributed by atoms with Gasteiger partial charge in [-0.15, -0.1) is 5.10 Å². The second-order valence-corrected chi connectivity index (χ2v) is 6.82. The molecule has 1 aromatic heterocycles. The average molecular weight is 300 g/mol. The third-order valence-electron chi connectivity index (χ3n) is 2.22. The quantitative estimate of drug-likeness (QED) is 0.720. The van der Waals surface area contributed by atoms with Crippen LogP contribution in [0.4, 0.5) is 0 Å². The van der Waals surface area contributed by atoms with Crippen molar-refractivity contribution in [3.63, 3.8) is 0 Å². The van der Waals surface area contributed by atoms with Gasteiger partial charge in [-0.1, -0.05) is 25.6 Å². The summed E-state index contributed by atoms with van der Waals surface area (Å²) in [5.41, 5.74) is -0.218. The summed E-state index contributed by atoms with van der Waals surface area (Å²) in [5.74, 6) is 0.298. The van der Waals surface area contributed by atoms with E-state index >= 15 is 0 Å². The second kappa shape index (κ2) is 7.58. The Morgan fingerprint density at radius 2 is 2.10 bits per heavy atom. The molecular formula is C12H24N6OS. The Hall–Kier alpha value is -1.15. The molecule has 0 unspecified atom stereocenters. The summed E-state index contributed by atoms with van der Waals surface area (Å²) in [6, 6.07) is 0.431. The summed E-state index contributed by atoms with van der Waals surface area (Å²) in [7, 11) is 0. The number of amides is 1. The minimum absolute atomic E-state index is 0.0163. The smallest absolute Gasteiger partial charge is 0.230 e. The molecule has 1 rings (SSSR count). The average Bonchev–Trinajstić information content (AvgIpc) is 2.71. The first-order chi connectivity index (χ1) is 9.28. The predicted molar refractivity (Wildman–Crippen MR) is 79.6 cm³/mol. The molecule has 0 saturated carbocycles. The highest BCUT2D eigenvalue weighted by Gasteiger charge is 2.15. The van der Waals surface area contributed by atoms with Crippen molar-refractivity contribution < 1.29 is 4.79 Å². The van der Waals surface area contributed by atoms with E-state index < -0.39 is 0 Å². The highest BCUT2D eigenvalue weighted by molar-refractivity contribution is 7.99. The first kappa shape index (κ1) is 16.9. The van der Waals surface area contributed by atoms with Crippen LogP contribution >= 0.6 is 11.8 Å². The van der Waals surface area contributed by atoms with Crippen LogP contribution in [0.3, 0.4) is 0 Å². The SMILES string of the molecule is CC(C)NCCn1nnnc1SCC(=O)NC(C)(C)C. The van der Waals surface area contributed by atoms with Gasteiger partial charge in [0.1, 0.15) is 0 Å². The van der Waals surface area contributed by atoms with Crippen LogP contribution in [0.1, 0.15) is 34.6 Å². The Balaban J connectivity index is 2.41. The molecule has 1 amide bonds. The van der Waals surface area contributed by atoms with Crippen LogP contribution in [-0.4, -0.2) is 50.0 Å². The number of hydrogen-bond acceptors (Lipinski definition) is 6. The zero-order valence-corrected chi connectivity index (χ0v) is 13.6. The maximum atomic E-state index is 11.7. The fourth-order valence-electron chi connectivity index (χ4n) is 1.48. The molecule has 20 heavy (non-hydrogen) atoms. The molecule has 0 bridgehead atoms. The molecule has 0 fully saturated rings. The zero-order valence-electron chi connectivity index (χ0n) is 12.8. The fourth-order valence-corrected chi connectivity index (χ4v) is 2.19. The molecule has 0 aliphatic rings. The van der Waals surface area contributed by atoms with Crippen molar-refractivity contribution in [2.45, 2.75) is 57.9 Å². The number of nitrogens with one attached hydrogen (secondary N) is 2. The van der Waals surface area contributed by atoms with E-state index in [4.69, 9.17) is 0 Å². The number of hydrogen-bond donors (Lipinski definition) is 2. The van der Waals surface area contributed by atoms with Crippen LogP contribution in [0, 0.1) is 0 Å². The number of tetrazole rings is 1. The lowest BCUT2D eigenvalue weighted by Gasteiger charge is -2.20. The van der Waals surface area contributed by atoms with Crippen LogP contribution in [-0.2, 0) is 11.3 Å². The Bertz CT molecular complexity index is 426. The summed E-state index contributed by atoms with van der Waals surface area (Å²) in [4.78, 5) is 11.7. The summed E-state index contributed by atoms with van der Waals surface area (Å²) in [6.07, 6.45) is 0. The third-order valence-corrected chi connectivity index (χ3v) is 3.18. The van der Waals surface area contributed by atoms with E-state index in [1.54, 1.807) is 4.68 Å². The van der Waals surface area contributed by atoms with Gasteiger partial charge in [-0.05, 0) is 31.2 Å². The first-order valence-electron chi connectivity index (χ1n) is 6.71. The molecule has 0 aliphatic carbocycles. The van der Waals surface area contributed by atoms with E-state index in [0.717, 1.165) is 6.54 Å². The standard InChI is InChI=1S/C12H24N6OS/c1-9(2)13-6-7-18-11(15-16-17-18)20-8-10(19)14-12(3,4)5/h9,13H,6-8H2,1-5H3,(H,14,19). The van der Waals surface area contributed by atoms with E-state index in [1.165, 1.54) is 11.8 Å². The van der Waals surface area contributed by atoms with Gasteiger partial charge < -0.3 is 10.6 Å². The van der Waals surface area contributed by atoms with Crippen molar-refractivity contribution in [1.82, 2.24) is 30.8 Å². The lowest BCUT2D eigenvalue weighted by Crippen LogP contribution is -2.41. The highest BCUT2D eigenvalue weighted by atomic mass is 32.2. The van der Waals surface area contributed by atoms with Crippen molar-refractivity contribution in [3.05, 3.63) is 0 Å². The van der Waals surface area contributed by atoms with Gasteiger partial charge in [-0.2, -0.15) is 0 Å². The molecule has 0 atom stereocenters. The second-order valence-electron chi connectivity index (χ2n) is 5.88. The number of thioether (sulfide) groups is 1. The van der Waals surface area contributed by atoms with Crippen LogP contribution in [0.25, 0.3) is 0 Å². The third kappa shape index (κ3) is 6.85. The van der Waals surface area contributed by atoms with E-state index in [-0.39, 0.29) is 11.4 Å². The van der Waals surface area contributed by atoms with Crippen molar-refractivity contribution in [2.75, 3.05) is 12.3 Å². The molecule has 0 saturated heterocycles. The van der Waals surface area contributed by atoms with Gasteiger partial charge in [0.15, 0.2) is 0 Å². The van der Waals surface area contributed by atoms with Gasteiger partial charge in [-0.25, -0.2) is 4.68 Å². The van der Waals surface area contributed by atoms with Gasteiger partial charge in [0.25, 0.3) is 0 Å². The minimum atomic E-state index is -0.218. The van der Waals surface area contributed by atoms with Gasteiger partial charge in [-0.3, -0.25) is 4.79 Å². The monoisotopic (exact) mass is 300 g/mol. The lowest BCUT2D eigenvalue weighted by atomic mass is 10.1. The Labute approximate surface area is 124 Å². The van der Waals surface area contributed by atoms with E-state index in [2.05, 4.69) is 40.0 Å². The minimum Gasteiger partial charge on any atom is -0.351 e. The number of carbonyl (C=O) groups excluding carboxylic acids is 1. The van der Waals surface area contributed by atoms with Gasteiger partial charge >= 0.3 is 0 Å². The summed E-state index contributed by atoms with van der Waals surface area (Å²) < 4.78 is 1.71. The van der Waals surface area contributed by atoms with E-state index in [0.29, 0.717) is 23.5 Å². The summed E-state index contributed by atoms with van der Waals surface area (Å²) in [6.45, 7) is 11.5. The largest absolute Gasteiger partial charge is 0.351 e. The predicted octanol–water partition coefficient (Wildman–Crippen LogP) is 0.678. The molecule has 114 valence electrons. The molecule has 1 heterocycles. The van der Waals surface area contributed by atoms with Crippen LogP contribution in [0.15, 0.2) is 5.16 Å². The van der Waals surface area contributed by atoms with E-state index in [1.807, 2.05) is 20.8 Å². The molecule has 0 radical (unpaired) electrons. The molecule has 0 aliphatic heterocycles. The fraction of sp³-hybridized carbons (Fsp3) is 0.833. The van der Waals surface area contributed by atoms with Crippen molar-refractivity contribution in [3.8, 4) is 0 Å². The van der Waals surface area contributed by atoms with Crippen LogP contribution in [0.5, 0.6) is 0 Å². The maximum Gasteiger partial charge on any atom is 0.230 e. The topological polar surface area (TPSA) is 84.7 Å². The van der Waals surface area contributed by atoms with Crippen LogP contribution < -0.4 is 10.6 Å². The zero-order chi connectivity index (χ0) is 15.2. The van der Waals surface area contributed by atoms with Crippen LogP contribution in [0.2, 0.25) is 0 Å². The molecule has 7 nitrogen and oxygen atoms in total. The van der Waals surface area contributed by atoms with Gasteiger partial charge in [0, 0.05) is 18.1 Å². The first-order valence-corrected chi connectivity index (χ1v) is 7.70. The normalized spacial score (nSPS) is 11.9. The molecule has 1 aromatic rings. The number of aromatic nitrogens is 4. The van der Waals surface area contributed by atoms with E-state index in [9.17, 15) is 4.79 Å². The number of carbonyl (C=O) groups is 1. The summed E-state index contributed by atoms with van der Waals surface area (Å²) >= 11 is 1.35. The highest BCUT2D eigenvalue weighted by Crippen LogP contribution is 2.13. The Morgan fingerprint density at radius 1 is 1.40 bits per heavy atom. The molecule has 2 N–H and O–H groups in total. The van der Waals surface area contributed by atoms with Crippen molar-refractivity contribution >= 4 is 17.7 Å². The van der Waals surface area contributed by atoms with Crippen molar-refractivity contribution in [1.29, 1.82) is 0 Å².